The zero-order valence-corrected chi connectivity index (χ0v) is 8.26. The highest BCUT2D eigenvalue weighted by molar-refractivity contribution is 6.32. The van der Waals surface area contributed by atoms with Gasteiger partial charge in [-0.25, -0.2) is 9.97 Å². The third-order valence-electron chi connectivity index (χ3n) is 1.93. The van der Waals surface area contributed by atoms with Crippen LogP contribution >= 0.6 is 11.6 Å². The van der Waals surface area contributed by atoms with E-state index < -0.39 is 11.9 Å². The Kier molecular flexibility index (Phi) is 2.11. The van der Waals surface area contributed by atoms with Gasteiger partial charge in [0, 0.05) is 18.1 Å². The Hall–Kier alpha value is -1.30. The van der Waals surface area contributed by atoms with Crippen LogP contribution in [0.25, 0.3) is 5.65 Å². The van der Waals surface area contributed by atoms with Crippen LogP contribution in [0.2, 0.25) is 5.15 Å². The summed E-state index contributed by atoms with van der Waals surface area (Å²) in [6.45, 7) is 1.64. The van der Waals surface area contributed by atoms with Crippen molar-refractivity contribution in [1.29, 1.82) is 0 Å². The van der Waals surface area contributed by atoms with Gasteiger partial charge < -0.3 is 0 Å². The Balaban J connectivity index is 2.76. The van der Waals surface area contributed by atoms with Gasteiger partial charge in [-0.3, -0.25) is 4.40 Å². The number of halogens is 4. The highest BCUT2D eigenvalue weighted by atomic mass is 35.5. The van der Waals surface area contributed by atoms with Crippen molar-refractivity contribution in [2.24, 2.45) is 0 Å². The molecule has 2 aromatic heterocycles. The number of hydrogen-bond acceptors (Lipinski definition) is 2. The fourth-order valence-corrected chi connectivity index (χ4v) is 1.44. The highest BCUT2D eigenvalue weighted by Crippen LogP contribution is 2.29. The minimum Gasteiger partial charge on any atom is -0.300 e. The lowest BCUT2D eigenvalue weighted by molar-refractivity contribution is -0.141. The average molecular weight is 236 g/mol. The molecule has 0 radical (unpaired) electrons. The predicted molar refractivity (Wildman–Crippen MR) is 47.7 cm³/mol. The van der Waals surface area contributed by atoms with Gasteiger partial charge in [0.2, 0.25) is 0 Å². The first-order chi connectivity index (χ1) is 6.89. The second kappa shape index (κ2) is 3.10. The summed E-state index contributed by atoms with van der Waals surface area (Å²) in [6.07, 6.45) is -2.19. The monoisotopic (exact) mass is 235 g/mol. The van der Waals surface area contributed by atoms with Gasteiger partial charge in [0.25, 0.3) is 0 Å². The van der Waals surface area contributed by atoms with E-state index >= 15 is 0 Å². The first kappa shape index (κ1) is 10.2. The molecule has 15 heavy (non-hydrogen) atoms. The summed E-state index contributed by atoms with van der Waals surface area (Å²) in [7, 11) is 0. The number of hydrogen-bond donors (Lipinski definition) is 0. The SMILES string of the molecule is Cc1cnc2c(Cl)nc(C(F)(F)F)cn12. The van der Waals surface area contributed by atoms with Gasteiger partial charge in [0.15, 0.2) is 16.5 Å². The molecule has 0 aliphatic carbocycles. The van der Waals surface area contributed by atoms with Crippen LogP contribution in [-0.2, 0) is 6.18 Å². The lowest BCUT2D eigenvalue weighted by Gasteiger charge is -2.07. The van der Waals surface area contributed by atoms with E-state index in [0.717, 1.165) is 6.20 Å². The van der Waals surface area contributed by atoms with Crippen LogP contribution < -0.4 is 0 Å². The molecule has 3 nitrogen and oxygen atoms in total. The van der Waals surface area contributed by atoms with Gasteiger partial charge in [-0.15, -0.1) is 0 Å². The minimum absolute atomic E-state index is 0.224. The number of aryl methyl sites for hydroxylation is 1. The van der Waals surface area contributed by atoms with Crippen molar-refractivity contribution in [3.8, 4) is 0 Å². The van der Waals surface area contributed by atoms with Gasteiger partial charge in [0.1, 0.15) is 0 Å². The fourth-order valence-electron chi connectivity index (χ4n) is 1.21. The molecule has 0 saturated heterocycles. The third kappa shape index (κ3) is 1.65. The molecule has 7 heteroatoms. The van der Waals surface area contributed by atoms with E-state index in [1.807, 2.05) is 0 Å². The van der Waals surface area contributed by atoms with Crippen molar-refractivity contribution in [2.75, 3.05) is 0 Å². The second-order valence-corrected chi connectivity index (χ2v) is 3.37. The van der Waals surface area contributed by atoms with E-state index in [-0.39, 0.29) is 10.8 Å². The number of alkyl halides is 3. The van der Waals surface area contributed by atoms with Gasteiger partial charge in [-0.05, 0) is 6.92 Å². The molecule has 0 spiro atoms. The quantitative estimate of drug-likeness (QED) is 0.703. The van der Waals surface area contributed by atoms with Crippen molar-refractivity contribution < 1.29 is 13.2 Å². The maximum atomic E-state index is 12.4. The van der Waals surface area contributed by atoms with Crippen LogP contribution in [0.3, 0.4) is 0 Å². The number of fused-ring (bicyclic) bond motifs is 1. The normalized spacial score (nSPS) is 12.3. The van der Waals surface area contributed by atoms with Crippen LogP contribution in [0.5, 0.6) is 0 Å². The maximum Gasteiger partial charge on any atom is 0.434 e. The zero-order chi connectivity index (χ0) is 11.2. The number of rotatable bonds is 0. The Morgan fingerprint density at radius 3 is 2.67 bits per heavy atom. The van der Waals surface area contributed by atoms with E-state index in [0.29, 0.717) is 5.69 Å². The molecule has 0 atom stereocenters. The first-order valence-corrected chi connectivity index (χ1v) is 4.35. The van der Waals surface area contributed by atoms with Crippen molar-refractivity contribution in [3.05, 3.63) is 28.9 Å². The van der Waals surface area contributed by atoms with Crippen LogP contribution in [0.15, 0.2) is 12.4 Å². The molecule has 0 unspecified atom stereocenters. The van der Waals surface area contributed by atoms with Crippen molar-refractivity contribution >= 4 is 17.2 Å². The summed E-state index contributed by atoms with van der Waals surface area (Å²) in [5, 5.41) is -0.252. The summed E-state index contributed by atoms with van der Waals surface area (Å²) in [4.78, 5) is 7.09. The number of aromatic nitrogens is 3. The molecule has 0 saturated carbocycles. The largest absolute Gasteiger partial charge is 0.434 e. The van der Waals surface area contributed by atoms with E-state index in [2.05, 4.69) is 9.97 Å². The van der Waals surface area contributed by atoms with E-state index in [4.69, 9.17) is 11.6 Å². The molecule has 0 bridgehead atoms. The summed E-state index contributed by atoms with van der Waals surface area (Å²) in [5.41, 5.74) is -0.233. The molecular formula is C8H5ClF3N3. The zero-order valence-electron chi connectivity index (χ0n) is 7.51. The molecule has 0 amide bonds. The molecule has 2 aromatic rings. The minimum atomic E-state index is -4.51. The van der Waals surface area contributed by atoms with Gasteiger partial charge >= 0.3 is 6.18 Å². The van der Waals surface area contributed by atoms with Gasteiger partial charge in [-0.2, -0.15) is 13.2 Å². The van der Waals surface area contributed by atoms with E-state index in [1.54, 1.807) is 6.92 Å². The molecule has 80 valence electrons. The Bertz CT molecular complexity index is 518. The second-order valence-electron chi connectivity index (χ2n) is 3.01. The molecule has 2 rings (SSSR count). The smallest absolute Gasteiger partial charge is 0.300 e. The van der Waals surface area contributed by atoms with E-state index in [1.165, 1.54) is 10.6 Å². The Morgan fingerprint density at radius 2 is 2.07 bits per heavy atom. The fraction of sp³-hybridized carbons (Fsp3) is 0.250. The molecule has 2 heterocycles. The highest BCUT2D eigenvalue weighted by Gasteiger charge is 2.33. The molecule has 0 N–H and O–H groups in total. The van der Waals surface area contributed by atoms with Crippen molar-refractivity contribution in [3.63, 3.8) is 0 Å². The topological polar surface area (TPSA) is 30.2 Å². The predicted octanol–water partition coefficient (Wildman–Crippen LogP) is 2.71. The van der Waals surface area contributed by atoms with Crippen LogP contribution in [0.4, 0.5) is 13.2 Å². The van der Waals surface area contributed by atoms with Crippen LogP contribution in [-0.4, -0.2) is 14.4 Å². The third-order valence-corrected chi connectivity index (χ3v) is 2.18. The molecule has 0 aromatic carbocycles. The summed E-state index contributed by atoms with van der Waals surface area (Å²) in [6, 6.07) is 0. The lowest BCUT2D eigenvalue weighted by atomic mass is 10.4. The number of nitrogens with zero attached hydrogens (tertiary/aromatic N) is 3. The standard InChI is InChI=1S/C8H5ClF3N3/c1-4-2-13-7-6(9)14-5(3-15(4)7)8(10,11)12/h2-3H,1H3. The molecule has 0 fully saturated rings. The summed E-state index contributed by atoms with van der Waals surface area (Å²) < 4.78 is 38.4. The van der Waals surface area contributed by atoms with Crippen molar-refractivity contribution in [2.45, 2.75) is 13.1 Å². The summed E-state index contributed by atoms with van der Waals surface area (Å²) >= 11 is 5.59. The van der Waals surface area contributed by atoms with Crippen molar-refractivity contribution in [1.82, 2.24) is 14.4 Å². The van der Waals surface area contributed by atoms with Gasteiger partial charge in [-0.1, -0.05) is 11.6 Å². The van der Waals surface area contributed by atoms with E-state index in [9.17, 15) is 13.2 Å². The molecule has 0 aliphatic rings. The molecular weight excluding hydrogens is 231 g/mol. The maximum absolute atomic E-state index is 12.4. The molecule has 0 aliphatic heterocycles. The number of imidazole rings is 1. The van der Waals surface area contributed by atoms with Gasteiger partial charge in [0.05, 0.1) is 0 Å². The first-order valence-electron chi connectivity index (χ1n) is 3.97. The Labute approximate surface area is 87.5 Å². The van der Waals surface area contributed by atoms with Crippen LogP contribution in [0, 0.1) is 6.92 Å². The summed E-state index contributed by atoms with van der Waals surface area (Å²) in [5.74, 6) is 0. The average Bonchev–Trinajstić information content (AvgIpc) is 2.47. The van der Waals surface area contributed by atoms with Crippen LogP contribution in [0.1, 0.15) is 11.4 Å². The lowest BCUT2D eigenvalue weighted by Crippen LogP contribution is -2.10. The Morgan fingerprint density at radius 1 is 1.40 bits per heavy atom.